The Hall–Kier alpha value is -3.47. The number of nitrogens with one attached hydrogen (secondary N) is 1. The van der Waals surface area contributed by atoms with Gasteiger partial charge < -0.3 is 10.5 Å². The van der Waals surface area contributed by atoms with Crippen LogP contribution >= 0.6 is 0 Å². The minimum absolute atomic E-state index is 0.0410. The van der Waals surface area contributed by atoms with Crippen molar-refractivity contribution in [1.82, 2.24) is 14.7 Å². The predicted molar refractivity (Wildman–Crippen MR) is 122 cm³/mol. The number of hydrogen-bond acceptors (Lipinski definition) is 4. The number of halogens is 4. The van der Waals surface area contributed by atoms with Crippen molar-refractivity contribution >= 4 is 11.7 Å². The number of aromatic nitrogens is 3. The van der Waals surface area contributed by atoms with Crippen molar-refractivity contribution in [1.29, 1.82) is 0 Å². The smallest absolute Gasteiger partial charge is 0.257 e. The van der Waals surface area contributed by atoms with Crippen molar-refractivity contribution in [2.24, 2.45) is 0 Å². The summed E-state index contributed by atoms with van der Waals surface area (Å²) in [5, 5.41) is 18.5. The van der Waals surface area contributed by atoms with Gasteiger partial charge in [-0.15, -0.1) is 0 Å². The summed E-state index contributed by atoms with van der Waals surface area (Å²) in [6.45, 7) is 2.18. The minimum atomic E-state index is -2.96. The van der Waals surface area contributed by atoms with Crippen LogP contribution in [0.25, 0.3) is 0 Å². The first kappa shape index (κ1) is 24.2. The maximum Gasteiger partial charge on any atom is 0.257 e. The van der Waals surface area contributed by atoms with Crippen LogP contribution in [-0.2, 0) is 11.3 Å². The third-order valence-electron chi connectivity index (χ3n) is 7.15. The summed E-state index contributed by atoms with van der Waals surface area (Å²) >= 11 is 0. The van der Waals surface area contributed by atoms with Gasteiger partial charge in [0.25, 0.3) is 5.92 Å². The lowest BCUT2D eigenvalue weighted by Gasteiger charge is -2.40. The SMILES string of the molecule is C[C@@H](C(=O)Nc1cc2n(n1)CC[C@@H]2c1cc(F)cc(F)c1)N1CCC(F)(F)[C@@H](c2cc[n+]([O-])cc2)C1. The highest BCUT2D eigenvalue weighted by atomic mass is 19.3. The molecule has 4 heterocycles. The Kier molecular flexibility index (Phi) is 6.19. The Labute approximate surface area is 204 Å². The summed E-state index contributed by atoms with van der Waals surface area (Å²) < 4.78 is 59.0. The second-order valence-corrected chi connectivity index (χ2v) is 9.44. The van der Waals surface area contributed by atoms with Gasteiger partial charge in [0.15, 0.2) is 18.2 Å². The maximum absolute atomic E-state index is 14.7. The number of rotatable bonds is 5. The second kappa shape index (κ2) is 9.20. The standard InChI is InChI=1S/C25H25F4N5O2/c1-15(32-9-5-25(28,29)21(14-32)16-2-6-33(36)7-3-16)24(35)30-23-13-22-20(4-8-34(22)31-23)17-10-18(26)12-19(27)11-17/h2-3,6-7,10-13,15,20-21H,4-5,8-9,14H2,1H3,(H,30,31,35)/t15-,20+,21+/m0/s1. The van der Waals surface area contributed by atoms with Gasteiger partial charge in [0.05, 0.1) is 12.0 Å². The van der Waals surface area contributed by atoms with E-state index in [1.54, 1.807) is 22.6 Å². The van der Waals surface area contributed by atoms with Crippen LogP contribution in [0.2, 0.25) is 0 Å². The van der Waals surface area contributed by atoms with Crippen molar-refractivity contribution < 1.29 is 27.1 Å². The highest BCUT2D eigenvalue weighted by Crippen LogP contribution is 2.41. The van der Waals surface area contributed by atoms with Gasteiger partial charge in [-0.25, -0.2) is 17.6 Å². The average Bonchev–Trinajstić information content (AvgIpc) is 3.39. The number of likely N-dealkylation sites (tertiary alicyclic amines) is 1. The number of carbonyl (C=O) groups excluding carboxylic acids is 1. The molecule has 11 heteroatoms. The summed E-state index contributed by atoms with van der Waals surface area (Å²) in [5.41, 5.74) is 1.58. The summed E-state index contributed by atoms with van der Waals surface area (Å²) in [6, 6.07) is 7.15. The van der Waals surface area contributed by atoms with Crippen LogP contribution < -0.4 is 10.0 Å². The Morgan fingerprint density at radius 1 is 1.14 bits per heavy atom. The maximum atomic E-state index is 14.7. The molecule has 7 nitrogen and oxygen atoms in total. The Bertz CT molecular complexity index is 1260. The molecule has 1 saturated heterocycles. The second-order valence-electron chi connectivity index (χ2n) is 9.44. The van der Waals surface area contributed by atoms with Crippen molar-refractivity contribution in [3.8, 4) is 0 Å². The highest BCUT2D eigenvalue weighted by molar-refractivity contribution is 5.93. The molecule has 3 atom stereocenters. The number of alkyl halides is 2. The van der Waals surface area contributed by atoms with E-state index in [1.807, 2.05) is 0 Å². The molecule has 0 bridgehead atoms. The van der Waals surface area contributed by atoms with E-state index in [-0.39, 0.29) is 19.0 Å². The zero-order valence-electron chi connectivity index (χ0n) is 19.5. The molecule has 1 N–H and O–H groups in total. The van der Waals surface area contributed by atoms with Crippen LogP contribution in [0.4, 0.5) is 23.4 Å². The first-order chi connectivity index (χ1) is 17.1. The van der Waals surface area contributed by atoms with E-state index in [0.717, 1.165) is 11.8 Å². The molecular weight excluding hydrogens is 478 g/mol. The zero-order chi connectivity index (χ0) is 25.6. The van der Waals surface area contributed by atoms with Gasteiger partial charge in [-0.05, 0) is 36.6 Å². The molecule has 1 fully saturated rings. The summed E-state index contributed by atoms with van der Waals surface area (Å²) in [5.74, 6) is -5.77. The number of piperidine rings is 1. The normalized spacial score (nSPS) is 22.2. The van der Waals surface area contributed by atoms with Gasteiger partial charge in [0, 0.05) is 61.9 Å². The largest absolute Gasteiger partial charge is 0.619 e. The summed E-state index contributed by atoms with van der Waals surface area (Å²) in [6.07, 6.45) is 2.59. The van der Waals surface area contributed by atoms with Gasteiger partial charge in [0.2, 0.25) is 5.91 Å². The highest BCUT2D eigenvalue weighted by Gasteiger charge is 2.46. The molecule has 0 radical (unpaired) electrons. The number of anilines is 1. The molecule has 1 aromatic carbocycles. The molecule has 2 aromatic heterocycles. The Morgan fingerprint density at radius 3 is 2.53 bits per heavy atom. The fourth-order valence-corrected chi connectivity index (χ4v) is 5.15. The van der Waals surface area contributed by atoms with Crippen LogP contribution in [-0.4, -0.2) is 45.6 Å². The molecule has 3 aromatic rings. The third-order valence-corrected chi connectivity index (χ3v) is 7.15. The van der Waals surface area contributed by atoms with E-state index in [1.165, 1.54) is 36.7 Å². The third kappa shape index (κ3) is 4.67. The van der Waals surface area contributed by atoms with Gasteiger partial charge in [-0.1, -0.05) is 0 Å². The lowest BCUT2D eigenvalue weighted by Crippen LogP contribution is -2.52. The van der Waals surface area contributed by atoms with Crippen LogP contribution in [0.1, 0.15) is 48.4 Å². The number of hydrogen-bond donors (Lipinski definition) is 1. The van der Waals surface area contributed by atoms with Crippen LogP contribution in [0, 0.1) is 16.8 Å². The molecule has 36 heavy (non-hydrogen) atoms. The van der Waals surface area contributed by atoms with E-state index < -0.39 is 41.8 Å². The molecule has 0 unspecified atom stereocenters. The number of pyridine rings is 1. The zero-order valence-corrected chi connectivity index (χ0v) is 19.5. The minimum Gasteiger partial charge on any atom is -0.619 e. The van der Waals surface area contributed by atoms with E-state index >= 15 is 0 Å². The van der Waals surface area contributed by atoms with Gasteiger partial charge in [-0.2, -0.15) is 9.83 Å². The van der Waals surface area contributed by atoms with Gasteiger partial charge in [-0.3, -0.25) is 14.4 Å². The first-order valence-electron chi connectivity index (χ1n) is 11.8. The van der Waals surface area contributed by atoms with E-state index in [4.69, 9.17) is 0 Å². The van der Waals surface area contributed by atoms with Crippen LogP contribution in [0.3, 0.4) is 0 Å². The molecule has 2 aliphatic rings. The summed E-state index contributed by atoms with van der Waals surface area (Å²) in [7, 11) is 0. The number of aryl methyl sites for hydroxylation is 1. The van der Waals surface area contributed by atoms with Gasteiger partial charge in [0.1, 0.15) is 11.6 Å². The number of benzene rings is 1. The van der Waals surface area contributed by atoms with Crippen molar-refractivity contribution in [2.75, 3.05) is 18.4 Å². The molecule has 2 aliphatic heterocycles. The quantitative estimate of drug-likeness (QED) is 0.327. The Balaban J connectivity index is 1.28. The fourth-order valence-electron chi connectivity index (χ4n) is 5.15. The molecular formula is C25H25F4N5O2. The van der Waals surface area contributed by atoms with E-state index in [2.05, 4.69) is 10.4 Å². The predicted octanol–water partition coefficient (Wildman–Crippen LogP) is 3.78. The molecule has 0 saturated carbocycles. The fraction of sp³-hybridized carbons (Fsp3) is 0.400. The molecule has 5 rings (SSSR count). The van der Waals surface area contributed by atoms with Crippen molar-refractivity contribution in [2.45, 2.75) is 50.1 Å². The number of amides is 1. The van der Waals surface area contributed by atoms with E-state index in [0.29, 0.717) is 34.6 Å². The number of fused-ring (bicyclic) bond motifs is 1. The van der Waals surface area contributed by atoms with Crippen molar-refractivity contribution in [3.63, 3.8) is 0 Å². The van der Waals surface area contributed by atoms with Gasteiger partial charge >= 0.3 is 0 Å². The molecule has 190 valence electrons. The lowest BCUT2D eigenvalue weighted by molar-refractivity contribution is -0.605. The number of carbonyl (C=O) groups is 1. The first-order valence-corrected chi connectivity index (χ1v) is 11.8. The lowest BCUT2D eigenvalue weighted by atomic mass is 9.87. The monoisotopic (exact) mass is 503 g/mol. The molecule has 1 amide bonds. The number of nitrogens with zero attached hydrogens (tertiary/aromatic N) is 4. The van der Waals surface area contributed by atoms with Crippen LogP contribution in [0.15, 0.2) is 48.8 Å². The van der Waals surface area contributed by atoms with Crippen molar-refractivity contribution in [3.05, 3.63) is 82.5 Å². The topological polar surface area (TPSA) is 77.1 Å². The molecule has 0 spiro atoms. The molecule has 0 aliphatic carbocycles. The Morgan fingerprint density at radius 2 is 1.83 bits per heavy atom. The van der Waals surface area contributed by atoms with E-state index in [9.17, 15) is 27.6 Å². The summed E-state index contributed by atoms with van der Waals surface area (Å²) in [4.78, 5) is 14.7. The average molecular weight is 504 g/mol. The van der Waals surface area contributed by atoms with Crippen LogP contribution in [0.5, 0.6) is 0 Å².